The number of benzene rings is 1. The normalized spacial score (nSPS) is 17.5. The lowest BCUT2D eigenvalue weighted by molar-refractivity contribution is -0.387. The first-order chi connectivity index (χ1) is 9.23. The molecule has 0 radical (unpaired) electrons. The summed E-state index contributed by atoms with van der Waals surface area (Å²) in [7, 11) is -4.07. The average Bonchev–Trinajstić information content (AvgIpc) is 2.33. The van der Waals surface area contributed by atoms with Gasteiger partial charge in [0.2, 0.25) is 10.0 Å². The number of sulfonamides is 1. The van der Waals surface area contributed by atoms with E-state index in [4.69, 9.17) is 11.6 Å². The highest BCUT2D eigenvalue weighted by Crippen LogP contribution is 2.32. The molecule has 1 aliphatic rings. The summed E-state index contributed by atoms with van der Waals surface area (Å²) in [5, 5.41) is 20.8. The minimum atomic E-state index is -4.07. The molecule has 110 valence electrons. The van der Waals surface area contributed by atoms with Gasteiger partial charge in [-0.1, -0.05) is 11.6 Å². The van der Waals surface area contributed by atoms with E-state index in [1.54, 1.807) is 0 Å². The molecule has 1 fully saturated rings. The second kappa shape index (κ2) is 5.28. The average molecular weight is 321 g/mol. The van der Waals surface area contributed by atoms with Crippen LogP contribution in [0.4, 0.5) is 5.69 Å². The van der Waals surface area contributed by atoms with Crippen LogP contribution in [0.2, 0.25) is 5.02 Å². The zero-order valence-corrected chi connectivity index (χ0v) is 11.9. The van der Waals surface area contributed by atoms with Gasteiger partial charge < -0.3 is 5.11 Å². The molecular weight excluding hydrogens is 308 g/mol. The summed E-state index contributed by atoms with van der Waals surface area (Å²) in [6.45, 7) is -0.158. The molecule has 0 spiro atoms. The number of nitrogens with zero attached hydrogens (tertiary/aromatic N) is 1. The third kappa shape index (κ3) is 3.09. The second-order valence-corrected chi connectivity index (χ2v) is 6.94. The van der Waals surface area contributed by atoms with Crippen LogP contribution in [0.3, 0.4) is 0 Å². The fourth-order valence-corrected chi connectivity index (χ4v) is 3.37. The molecule has 2 N–H and O–H groups in total. The number of nitro groups is 1. The molecule has 2 rings (SSSR count). The minimum absolute atomic E-state index is 0.0771. The van der Waals surface area contributed by atoms with Gasteiger partial charge in [0.25, 0.3) is 5.69 Å². The summed E-state index contributed by atoms with van der Waals surface area (Å²) < 4.78 is 26.4. The van der Waals surface area contributed by atoms with Crippen LogP contribution in [-0.2, 0) is 10.0 Å². The Hall–Kier alpha value is -1.22. The first-order valence-electron chi connectivity index (χ1n) is 5.90. The molecule has 20 heavy (non-hydrogen) atoms. The van der Waals surface area contributed by atoms with Gasteiger partial charge in [0.15, 0.2) is 4.90 Å². The Labute approximate surface area is 120 Å². The number of nitro benzene ring substituents is 1. The number of halogens is 1. The number of hydrogen-bond acceptors (Lipinski definition) is 5. The molecule has 0 heterocycles. The highest BCUT2D eigenvalue weighted by molar-refractivity contribution is 7.89. The molecule has 0 aromatic heterocycles. The molecule has 9 heteroatoms. The SMILES string of the molecule is O=[N+]([O-])c1cc(Cl)ccc1S(=O)(=O)NCC1(O)CCC1. The highest BCUT2D eigenvalue weighted by Gasteiger charge is 2.36. The Morgan fingerprint density at radius 1 is 1.45 bits per heavy atom. The lowest BCUT2D eigenvalue weighted by atomic mass is 9.81. The van der Waals surface area contributed by atoms with Gasteiger partial charge in [-0.05, 0) is 31.4 Å². The first kappa shape index (κ1) is 15.2. The van der Waals surface area contributed by atoms with Gasteiger partial charge in [-0.3, -0.25) is 10.1 Å². The van der Waals surface area contributed by atoms with Crippen LogP contribution in [0.1, 0.15) is 19.3 Å². The van der Waals surface area contributed by atoms with Crippen LogP contribution < -0.4 is 4.72 Å². The zero-order chi connectivity index (χ0) is 15.0. The maximum absolute atomic E-state index is 12.1. The molecular formula is C11H13ClN2O5S. The topological polar surface area (TPSA) is 110 Å². The van der Waals surface area contributed by atoms with E-state index in [1.807, 2.05) is 0 Å². The summed E-state index contributed by atoms with van der Waals surface area (Å²) in [6, 6.07) is 3.32. The lowest BCUT2D eigenvalue weighted by Crippen LogP contribution is -2.47. The largest absolute Gasteiger partial charge is 0.389 e. The molecule has 7 nitrogen and oxygen atoms in total. The van der Waals surface area contributed by atoms with Gasteiger partial charge in [0, 0.05) is 17.6 Å². The molecule has 0 bridgehead atoms. The quantitative estimate of drug-likeness (QED) is 0.630. The first-order valence-corrected chi connectivity index (χ1v) is 7.76. The van der Waals surface area contributed by atoms with E-state index in [0.29, 0.717) is 12.8 Å². The van der Waals surface area contributed by atoms with E-state index in [9.17, 15) is 23.6 Å². The van der Waals surface area contributed by atoms with Crippen molar-refractivity contribution >= 4 is 27.3 Å². The number of hydrogen-bond donors (Lipinski definition) is 2. The maximum atomic E-state index is 12.1. The van der Waals surface area contributed by atoms with Crippen molar-refractivity contribution in [2.75, 3.05) is 6.54 Å². The molecule has 0 amide bonds. The third-order valence-corrected chi connectivity index (χ3v) is 4.97. The lowest BCUT2D eigenvalue weighted by Gasteiger charge is -2.36. The van der Waals surface area contributed by atoms with Crippen LogP contribution in [-0.4, -0.2) is 30.6 Å². The molecule has 1 aromatic carbocycles. The summed E-state index contributed by atoms with van der Waals surface area (Å²) in [5.74, 6) is 0. The summed E-state index contributed by atoms with van der Waals surface area (Å²) >= 11 is 5.63. The molecule has 1 aromatic rings. The van der Waals surface area contributed by atoms with Gasteiger partial charge >= 0.3 is 0 Å². The molecule has 1 aliphatic carbocycles. The standard InChI is InChI=1S/C11H13ClN2O5S/c12-8-2-3-10(9(6-8)14(16)17)20(18,19)13-7-11(15)4-1-5-11/h2-3,6,13,15H,1,4-5,7H2. The summed E-state index contributed by atoms with van der Waals surface area (Å²) in [4.78, 5) is 9.62. The second-order valence-electron chi connectivity index (χ2n) is 4.77. The highest BCUT2D eigenvalue weighted by atomic mass is 35.5. The Balaban J connectivity index is 2.27. The number of rotatable bonds is 5. The van der Waals surface area contributed by atoms with Gasteiger partial charge in [-0.25, -0.2) is 13.1 Å². The van der Waals surface area contributed by atoms with Crippen molar-refractivity contribution in [3.8, 4) is 0 Å². The van der Waals surface area contributed by atoms with Crippen molar-refractivity contribution in [1.82, 2.24) is 4.72 Å². The van der Waals surface area contributed by atoms with E-state index in [2.05, 4.69) is 4.72 Å². The predicted octanol–water partition coefficient (Wildman–Crippen LogP) is 1.44. The van der Waals surface area contributed by atoms with E-state index in [0.717, 1.165) is 18.6 Å². The number of nitrogens with one attached hydrogen (secondary N) is 1. The molecule has 0 atom stereocenters. The van der Waals surface area contributed by atoms with Crippen LogP contribution >= 0.6 is 11.6 Å². The fourth-order valence-electron chi connectivity index (χ4n) is 1.93. The zero-order valence-electron chi connectivity index (χ0n) is 10.4. The Kier molecular flexibility index (Phi) is 4.01. The van der Waals surface area contributed by atoms with Crippen molar-refractivity contribution in [3.63, 3.8) is 0 Å². The van der Waals surface area contributed by atoms with Crippen molar-refractivity contribution < 1.29 is 18.4 Å². The summed E-state index contributed by atoms with van der Waals surface area (Å²) in [6.07, 6.45) is 1.86. The Morgan fingerprint density at radius 2 is 2.10 bits per heavy atom. The van der Waals surface area contributed by atoms with Crippen LogP contribution in [0.15, 0.2) is 23.1 Å². The fraction of sp³-hybridized carbons (Fsp3) is 0.455. The minimum Gasteiger partial charge on any atom is -0.389 e. The van der Waals surface area contributed by atoms with Gasteiger partial charge in [-0.15, -0.1) is 0 Å². The van der Waals surface area contributed by atoms with E-state index < -0.39 is 31.1 Å². The Bertz CT molecular complexity index is 642. The van der Waals surface area contributed by atoms with E-state index in [1.165, 1.54) is 6.07 Å². The van der Waals surface area contributed by atoms with Crippen molar-refractivity contribution in [2.24, 2.45) is 0 Å². The number of aliphatic hydroxyl groups is 1. The van der Waals surface area contributed by atoms with Crippen LogP contribution in [0.25, 0.3) is 0 Å². The molecule has 1 saturated carbocycles. The van der Waals surface area contributed by atoms with Crippen molar-refractivity contribution in [3.05, 3.63) is 33.3 Å². The monoisotopic (exact) mass is 320 g/mol. The van der Waals surface area contributed by atoms with Gasteiger partial charge in [0.1, 0.15) is 0 Å². The van der Waals surface area contributed by atoms with Crippen molar-refractivity contribution in [1.29, 1.82) is 0 Å². The Morgan fingerprint density at radius 3 is 2.60 bits per heavy atom. The third-order valence-electron chi connectivity index (χ3n) is 3.28. The smallest absolute Gasteiger partial charge is 0.290 e. The van der Waals surface area contributed by atoms with E-state index >= 15 is 0 Å². The van der Waals surface area contributed by atoms with Crippen molar-refractivity contribution in [2.45, 2.75) is 29.8 Å². The summed E-state index contributed by atoms with van der Waals surface area (Å²) in [5.41, 5.74) is -1.64. The molecule has 0 saturated heterocycles. The van der Waals surface area contributed by atoms with Gasteiger partial charge in [0.05, 0.1) is 10.5 Å². The van der Waals surface area contributed by atoms with Gasteiger partial charge in [-0.2, -0.15) is 0 Å². The van der Waals surface area contributed by atoms with Crippen LogP contribution in [0, 0.1) is 10.1 Å². The molecule has 0 unspecified atom stereocenters. The van der Waals surface area contributed by atoms with E-state index in [-0.39, 0.29) is 11.6 Å². The maximum Gasteiger partial charge on any atom is 0.290 e. The molecule has 0 aliphatic heterocycles. The predicted molar refractivity (Wildman–Crippen MR) is 72.1 cm³/mol. The van der Waals surface area contributed by atoms with Crippen LogP contribution in [0.5, 0.6) is 0 Å².